The molecule has 1 aliphatic carbocycles. The third-order valence-corrected chi connectivity index (χ3v) is 6.63. The Morgan fingerprint density at radius 1 is 1.26 bits per heavy atom. The minimum atomic E-state index is -0.572. The van der Waals surface area contributed by atoms with Gasteiger partial charge < -0.3 is 0 Å². The summed E-state index contributed by atoms with van der Waals surface area (Å²) in [5.41, 5.74) is 2.26. The number of Topliss-reactive ketones (excluding diaryl/α,β-unsaturated/α-hetero) is 2. The molecule has 0 amide bonds. The van der Waals surface area contributed by atoms with Crippen molar-refractivity contribution in [2.45, 2.75) is 50.4 Å². The molecule has 5 nitrogen and oxygen atoms in total. The SMILES string of the molecule is CCC(=O)Cn1ccc(/C=C2/CN(C(C(=O)C3CC3)c3ccccc3F)CCC2S)n1. The van der Waals surface area contributed by atoms with Crippen LogP contribution >= 0.6 is 12.6 Å². The van der Waals surface area contributed by atoms with E-state index in [0.717, 1.165) is 30.5 Å². The molecule has 31 heavy (non-hydrogen) atoms. The Balaban J connectivity index is 1.58. The fourth-order valence-electron chi connectivity index (χ4n) is 4.10. The number of nitrogens with zero attached hydrogens (tertiary/aromatic N) is 3. The number of carbonyl (C=O) groups excluding carboxylic acids is 2. The molecule has 1 aromatic carbocycles. The monoisotopic (exact) mass is 441 g/mol. The lowest BCUT2D eigenvalue weighted by Crippen LogP contribution is -2.42. The molecule has 2 atom stereocenters. The fourth-order valence-corrected chi connectivity index (χ4v) is 4.37. The molecule has 7 heteroatoms. The van der Waals surface area contributed by atoms with Crippen molar-refractivity contribution in [3.8, 4) is 0 Å². The first-order valence-corrected chi connectivity index (χ1v) is 11.4. The van der Waals surface area contributed by atoms with Crippen molar-refractivity contribution in [3.05, 3.63) is 59.2 Å². The highest BCUT2D eigenvalue weighted by atomic mass is 32.1. The zero-order valence-corrected chi connectivity index (χ0v) is 18.6. The van der Waals surface area contributed by atoms with Crippen LogP contribution in [0.1, 0.15) is 49.9 Å². The average molecular weight is 442 g/mol. The molecule has 4 rings (SSSR count). The number of benzene rings is 1. The number of aromatic nitrogens is 2. The topological polar surface area (TPSA) is 55.2 Å². The number of halogens is 1. The van der Waals surface area contributed by atoms with Crippen molar-refractivity contribution in [2.24, 2.45) is 5.92 Å². The number of thiol groups is 1. The molecule has 164 valence electrons. The number of carbonyl (C=O) groups is 2. The Morgan fingerprint density at radius 3 is 2.74 bits per heavy atom. The summed E-state index contributed by atoms with van der Waals surface area (Å²) in [7, 11) is 0. The second kappa shape index (κ2) is 9.49. The predicted molar refractivity (Wildman–Crippen MR) is 121 cm³/mol. The van der Waals surface area contributed by atoms with Crippen molar-refractivity contribution >= 4 is 30.3 Å². The number of hydrogen-bond donors (Lipinski definition) is 1. The Morgan fingerprint density at radius 2 is 2.03 bits per heavy atom. The smallest absolute Gasteiger partial charge is 0.157 e. The molecule has 0 N–H and O–H groups in total. The molecule has 2 heterocycles. The summed E-state index contributed by atoms with van der Waals surface area (Å²) in [6.45, 7) is 3.32. The number of likely N-dealkylation sites (tertiary alicyclic amines) is 1. The molecule has 0 bridgehead atoms. The van der Waals surface area contributed by atoms with E-state index in [1.807, 2.05) is 19.1 Å². The van der Waals surface area contributed by atoms with Gasteiger partial charge >= 0.3 is 0 Å². The minimum Gasteiger partial charge on any atom is -0.298 e. The van der Waals surface area contributed by atoms with Crippen molar-refractivity contribution in [1.29, 1.82) is 0 Å². The maximum absolute atomic E-state index is 14.6. The molecule has 0 radical (unpaired) electrons. The van der Waals surface area contributed by atoms with Gasteiger partial charge in [0.25, 0.3) is 0 Å². The van der Waals surface area contributed by atoms with Gasteiger partial charge in [-0.05, 0) is 43.0 Å². The Kier molecular flexibility index (Phi) is 6.72. The van der Waals surface area contributed by atoms with Crippen LogP contribution in [0.4, 0.5) is 4.39 Å². The van der Waals surface area contributed by atoms with E-state index >= 15 is 0 Å². The van der Waals surface area contributed by atoms with Crippen LogP contribution < -0.4 is 0 Å². The highest BCUT2D eigenvalue weighted by molar-refractivity contribution is 7.81. The van der Waals surface area contributed by atoms with Crippen LogP contribution in [-0.2, 0) is 16.1 Å². The maximum atomic E-state index is 14.6. The summed E-state index contributed by atoms with van der Waals surface area (Å²) in [5.74, 6) is -0.0501. The molecule has 1 aliphatic heterocycles. The summed E-state index contributed by atoms with van der Waals surface area (Å²) < 4.78 is 16.3. The summed E-state index contributed by atoms with van der Waals surface area (Å²) in [5, 5.41) is 4.53. The molecular weight excluding hydrogens is 413 g/mol. The van der Waals surface area contributed by atoms with Gasteiger partial charge in [-0.3, -0.25) is 19.2 Å². The molecule has 1 aromatic heterocycles. The summed E-state index contributed by atoms with van der Waals surface area (Å²) in [6, 6.07) is 7.90. The van der Waals surface area contributed by atoms with Gasteiger partial charge in [0, 0.05) is 42.4 Å². The highest BCUT2D eigenvalue weighted by Crippen LogP contribution is 2.39. The highest BCUT2D eigenvalue weighted by Gasteiger charge is 2.40. The molecule has 0 spiro atoms. The molecule has 2 aliphatic rings. The van der Waals surface area contributed by atoms with Gasteiger partial charge in [0.2, 0.25) is 0 Å². The first-order valence-electron chi connectivity index (χ1n) is 10.9. The molecule has 2 aromatic rings. The predicted octanol–water partition coefficient (Wildman–Crippen LogP) is 4.11. The van der Waals surface area contributed by atoms with Gasteiger partial charge in [-0.1, -0.05) is 25.1 Å². The van der Waals surface area contributed by atoms with Crippen LogP contribution in [-0.4, -0.2) is 44.6 Å². The quantitative estimate of drug-likeness (QED) is 0.627. The van der Waals surface area contributed by atoms with Gasteiger partial charge in [-0.25, -0.2) is 4.39 Å². The second-order valence-electron chi connectivity index (χ2n) is 8.43. The number of piperidine rings is 1. The lowest BCUT2D eigenvalue weighted by Gasteiger charge is -2.37. The maximum Gasteiger partial charge on any atom is 0.157 e. The molecule has 2 fully saturated rings. The number of hydrogen-bond acceptors (Lipinski definition) is 5. The van der Waals surface area contributed by atoms with E-state index in [9.17, 15) is 14.0 Å². The summed E-state index contributed by atoms with van der Waals surface area (Å²) in [4.78, 5) is 26.9. The minimum absolute atomic E-state index is 0.0394. The van der Waals surface area contributed by atoms with Gasteiger partial charge in [0.05, 0.1) is 18.3 Å². The molecule has 1 saturated heterocycles. The number of ketones is 2. The zero-order chi connectivity index (χ0) is 22.0. The molecule has 1 saturated carbocycles. The fraction of sp³-hybridized carbons (Fsp3) is 0.458. The van der Waals surface area contributed by atoms with Crippen LogP contribution in [0, 0.1) is 11.7 Å². The van der Waals surface area contributed by atoms with E-state index in [0.29, 0.717) is 25.1 Å². The van der Waals surface area contributed by atoms with E-state index < -0.39 is 6.04 Å². The van der Waals surface area contributed by atoms with Gasteiger partial charge in [-0.15, -0.1) is 0 Å². The van der Waals surface area contributed by atoms with Crippen LogP contribution in [0.5, 0.6) is 0 Å². The van der Waals surface area contributed by atoms with Crippen LogP contribution in [0.3, 0.4) is 0 Å². The van der Waals surface area contributed by atoms with Crippen LogP contribution in [0.25, 0.3) is 6.08 Å². The summed E-state index contributed by atoms with van der Waals surface area (Å²) >= 11 is 4.74. The Hall–Kier alpha value is -2.25. The standard InChI is InChI=1S/C24H28FN3O2S/c1-2-19(29)15-28-12-9-18(26-28)13-17-14-27(11-10-22(17)31)23(24(30)16-7-8-16)20-5-3-4-6-21(20)25/h3-6,9,12-13,16,22-23,31H,2,7-8,10-11,14-15H2,1H3/b17-13-. The van der Waals surface area contributed by atoms with Crippen LogP contribution in [0.15, 0.2) is 42.1 Å². The van der Waals surface area contributed by atoms with Crippen molar-refractivity contribution < 1.29 is 14.0 Å². The van der Waals surface area contributed by atoms with Gasteiger partial charge in [0.15, 0.2) is 11.6 Å². The number of rotatable bonds is 8. The molecular formula is C24H28FN3O2S. The largest absolute Gasteiger partial charge is 0.298 e. The van der Waals surface area contributed by atoms with E-state index in [1.165, 1.54) is 6.07 Å². The van der Waals surface area contributed by atoms with Crippen molar-refractivity contribution in [1.82, 2.24) is 14.7 Å². The average Bonchev–Trinajstić information content (AvgIpc) is 3.53. The van der Waals surface area contributed by atoms with Crippen molar-refractivity contribution in [3.63, 3.8) is 0 Å². The lowest BCUT2D eigenvalue weighted by molar-refractivity contribution is -0.126. The van der Waals surface area contributed by atoms with E-state index in [-0.39, 0.29) is 35.1 Å². The molecule has 2 unspecified atom stereocenters. The van der Waals surface area contributed by atoms with E-state index in [1.54, 1.807) is 29.1 Å². The van der Waals surface area contributed by atoms with E-state index in [4.69, 9.17) is 12.6 Å². The lowest BCUT2D eigenvalue weighted by atomic mass is 9.93. The van der Waals surface area contributed by atoms with Gasteiger partial charge in [0.1, 0.15) is 5.82 Å². The summed E-state index contributed by atoms with van der Waals surface area (Å²) in [6.07, 6.45) is 6.82. The van der Waals surface area contributed by atoms with Crippen molar-refractivity contribution in [2.75, 3.05) is 13.1 Å². The van der Waals surface area contributed by atoms with E-state index in [2.05, 4.69) is 10.00 Å². The zero-order valence-electron chi connectivity index (χ0n) is 17.7. The third-order valence-electron chi connectivity index (χ3n) is 6.04. The third kappa shape index (κ3) is 5.15. The van der Waals surface area contributed by atoms with Gasteiger partial charge in [-0.2, -0.15) is 17.7 Å². The van der Waals surface area contributed by atoms with Crippen LogP contribution in [0.2, 0.25) is 0 Å². The Bertz CT molecular complexity index is 998. The first-order chi connectivity index (χ1) is 15.0. The normalized spacial score (nSPS) is 21.9. The Labute approximate surface area is 187 Å². The second-order valence-corrected chi connectivity index (χ2v) is 9.05. The first kappa shape index (κ1) is 22.0.